The summed E-state index contributed by atoms with van der Waals surface area (Å²) in [7, 11) is -3.90. The highest BCUT2D eigenvalue weighted by Gasteiger charge is 2.32. The molecule has 2 N–H and O–H groups in total. The molecule has 118 valence electrons. The van der Waals surface area contributed by atoms with Gasteiger partial charge in [-0.3, -0.25) is 4.79 Å². The summed E-state index contributed by atoms with van der Waals surface area (Å²) < 4.78 is 27.9. The third-order valence-electron chi connectivity index (χ3n) is 2.90. The molecule has 0 amide bonds. The molecule has 0 heterocycles. The third kappa shape index (κ3) is 5.25. The molecule has 0 aliphatic rings. The van der Waals surface area contributed by atoms with Crippen molar-refractivity contribution < 1.29 is 18.3 Å². The van der Waals surface area contributed by atoms with Gasteiger partial charge in [-0.1, -0.05) is 48.3 Å². The SMILES string of the molecule is CC(C)(C)C(CC(=O)O)NS(=O)(=O)c1ccc(Br)cc1Cl. The molecule has 0 radical (unpaired) electrons. The van der Waals surface area contributed by atoms with E-state index in [1.54, 1.807) is 26.8 Å². The molecule has 21 heavy (non-hydrogen) atoms. The van der Waals surface area contributed by atoms with Crippen LogP contribution < -0.4 is 4.72 Å². The van der Waals surface area contributed by atoms with Crippen molar-refractivity contribution in [2.24, 2.45) is 5.41 Å². The van der Waals surface area contributed by atoms with Crippen LogP contribution in [0.25, 0.3) is 0 Å². The van der Waals surface area contributed by atoms with E-state index in [0.29, 0.717) is 4.47 Å². The fraction of sp³-hybridized carbons (Fsp3) is 0.462. The highest BCUT2D eigenvalue weighted by atomic mass is 79.9. The molecular formula is C13H17BrClNO4S. The molecule has 8 heteroatoms. The minimum absolute atomic E-state index is 0.0693. The molecule has 0 aliphatic carbocycles. The Balaban J connectivity index is 3.14. The summed E-state index contributed by atoms with van der Waals surface area (Å²) in [4.78, 5) is 10.8. The maximum Gasteiger partial charge on any atom is 0.304 e. The van der Waals surface area contributed by atoms with Gasteiger partial charge in [-0.05, 0) is 23.6 Å². The van der Waals surface area contributed by atoms with E-state index in [0.717, 1.165) is 0 Å². The number of hydrogen-bond acceptors (Lipinski definition) is 3. The summed E-state index contributed by atoms with van der Waals surface area (Å²) in [6, 6.07) is 3.65. The van der Waals surface area contributed by atoms with Crippen molar-refractivity contribution in [1.29, 1.82) is 0 Å². The highest BCUT2D eigenvalue weighted by Crippen LogP contribution is 2.28. The van der Waals surface area contributed by atoms with E-state index in [4.69, 9.17) is 16.7 Å². The van der Waals surface area contributed by atoms with Crippen molar-refractivity contribution in [3.8, 4) is 0 Å². The van der Waals surface area contributed by atoms with Crippen molar-refractivity contribution in [3.05, 3.63) is 27.7 Å². The van der Waals surface area contributed by atoms with E-state index < -0.39 is 27.4 Å². The number of carboxylic acid groups (broad SMARTS) is 1. The second kappa shape index (κ2) is 6.64. The van der Waals surface area contributed by atoms with Gasteiger partial charge in [-0.2, -0.15) is 0 Å². The Morgan fingerprint density at radius 2 is 2.00 bits per heavy atom. The Bertz CT molecular complexity index is 640. The molecule has 0 saturated heterocycles. The molecule has 0 spiro atoms. The first-order valence-electron chi connectivity index (χ1n) is 6.12. The van der Waals surface area contributed by atoms with Crippen LogP contribution in [-0.2, 0) is 14.8 Å². The zero-order valence-electron chi connectivity index (χ0n) is 11.9. The lowest BCUT2D eigenvalue weighted by Crippen LogP contribution is -2.45. The Kier molecular flexibility index (Phi) is 5.83. The quantitative estimate of drug-likeness (QED) is 0.797. The second-order valence-electron chi connectivity index (χ2n) is 5.71. The lowest BCUT2D eigenvalue weighted by Gasteiger charge is -2.30. The van der Waals surface area contributed by atoms with Gasteiger partial charge in [0.2, 0.25) is 10.0 Å². The second-order valence-corrected chi connectivity index (χ2v) is 8.72. The topological polar surface area (TPSA) is 83.5 Å². The molecule has 1 aromatic rings. The highest BCUT2D eigenvalue weighted by molar-refractivity contribution is 9.10. The number of carboxylic acids is 1. The molecule has 1 rings (SSSR count). The van der Waals surface area contributed by atoms with E-state index in [1.165, 1.54) is 12.1 Å². The molecule has 0 fully saturated rings. The third-order valence-corrected chi connectivity index (χ3v) is 5.35. The summed E-state index contributed by atoms with van der Waals surface area (Å²) in [6.07, 6.45) is -0.309. The van der Waals surface area contributed by atoms with Crippen LogP contribution >= 0.6 is 27.5 Å². The molecule has 1 unspecified atom stereocenters. The summed E-state index contributed by atoms with van der Waals surface area (Å²) in [5.41, 5.74) is -0.548. The molecule has 0 saturated carbocycles. The van der Waals surface area contributed by atoms with Crippen LogP contribution in [-0.4, -0.2) is 25.5 Å². The first kappa shape index (κ1) is 18.4. The smallest absolute Gasteiger partial charge is 0.304 e. The molecular weight excluding hydrogens is 382 g/mol. The molecule has 0 bridgehead atoms. The summed E-state index contributed by atoms with van der Waals surface area (Å²) >= 11 is 9.15. The summed E-state index contributed by atoms with van der Waals surface area (Å²) in [6.45, 7) is 5.31. The van der Waals surface area contributed by atoms with Gasteiger partial charge >= 0.3 is 5.97 Å². The van der Waals surface area contributed by atoms with Crippen molar-refractivity contribution in [2.45, 2.75) is 38.1 Å². The van der Waals surface area contributed by atoms with E-state index in [9.17, 15) is 13.2 Å². The monoisotopic (exact) mass is 397 g/mol. The lowest BCUT2D eigenvalue weighted by molar-refractivity contribution is -0.138. The number of hydrogen-bond donors (Lipinski definition) is 2. The minimum atomic E-state index is -3.90. The van der Waals surface area contributed by atoms with Crippen LogP contribution in [0.5, 0.6) is 0 Å². The normalized spacial score (nSPS) is 14.0. The summed E-state index contributed by atoms with van der Waals surface area (Å²) in [5.74, 6) is -1.07. The average Bonchev–Trinajstić information content (AvgIpc) is 2.24. The van der Waals surface area contributed by atoms with Crippen LogP contribution in [0.1, 0.15) is 27.2 Å². The molecule has 1 atom stereocenters. The zero-order chi connectivity index (χ0) is 16.4. The van der Waals surface area contributed by atoms with Crippen molar-refractivity contribution in [3.63, 3.8) is 0 Å². The molecule has 0 aliphatic heterocycles. The summed E-state index contributed by atoms with van der Waals surface area (Å²) in [5, 5.41) is 9.01. The predicted octanol–water partition coefficient (Wildman–Crippen LogP) is 3.27. The molecule has 5 nitrogen and oxygen atoms in total. The fourth-order valence-corrected chi connectivity index (χ4v) is 4.12. The van der Waals surface area contributed by atoms with Gasteiger partial charge in [0.05, 0.1) is 11.4 Å². The minimum Gasteiger partial charge on any atom is -0.481 e. The first-order valence-corrected chi connectivity index (χ1v) is 8.78. The van der Waals surface area contributed by atoms with Crippen LogP contribution in [0.2, 0.25) is 5.02 Å². The lowest BCUT2D eigenvalue weighted by atomic mass is 9.85. The van der Waals surface area contributed by atoms with Crippen molar-refractivity contribution in [2.75, 3.05) is 0 Å². The number of nitrogens with one attached hydrogen (secondary N) is 1. The Morgan fingerprint density at radius 1 is 1.43 bits per heavy atom. The van der Waals surface area contributed by atoms with Crippen LogP contribution in [0, 0.1) is 5.41 Å². The number of aliphatic carboxylic acids is 1. The van der Waals surface area contributed by atoms with Gasteiger partial charge in [0.15, 0.2) is 0 Å². The van der Waals surface area contributed by atoms with Gasteiger partial charge < -0.3 is 5.11 Å². The molecule has 0 aromatic heterocycles. The van der Waals surface area contributed by atoms with Gasteiger partial charge in [0.1, 0.15) is 4.90 Å². The Morgan fingerprint density at radius 3 is 2.43 bits per heavy atom. The number of sulfonamides is 1. The van der Waals surface area contributed by atoms with Crippen molar-refractivity contribution >= 4 is 43.5 Å². The number of halogens is 2. The van der Waals surface area contributed by atoms with E-state index in [2.05, 4.69) is 20.7 Å². The first-order chi connectivity index (χ1) is 9.43. The van der Waals surface area contributed by atoms with Gasteiger partial charge in [0.25, 0.3) is 0 Å². The number of carbonyl (C=O) groups is 1. The van der Waals surface area contributed by atoms with E-state index in [1.807, 2.05) is 0 Å². The number of rotatable bonds is 5. The van der Waals surface area contributed by atoms with Crippen molar-refractivity contribution in [1.82, 2.24) is 4.72 Å². The Hall–Kier alpha value is -0.630. The van der Waals surface area contributed by atoms with Gasteiger partial charge in [-0.25, -0.2) is 13.1 Å². The largest absolute Gasteiger partial charge is 0.481 e. The van der Waals surface area contributed by atoms with Crippen LogP contribution in [0.15, 0.2) is 27.6 Å². The van der Waals surface area contributed by atoms with Crippen LogP contribution in [0.3, 0.4) is 0 Å². The van der Waals surface area contributed by atoms with Gasteiger partial charge in [0, 0.05) is 10.5 Å². The average molecular weight is 399 g/mol. The maximum absolute atomic E-state index is 12.4. The van der Waals surface area contributed by atoms with Crippen LogP contribution in [0.4, 0.5) is 0 Å². The molecule has 1 aromatic carbocycles. The number of benzene rings is 1. The fourth-order valence-electron chi connectivity index (χ4n) is 1.64. The standard InChI is InChI=1S/C13H17BrClNO4S/c1-13(2,3)11(7-12(17)18)16-21(19,20)10-5-4-8(14)6-9(10)15/h4-6,11,16H,7H2,1-3H3,(H,17,18). The maximum atomic E-state index is 12.4. The Labute approximate surface area is 137 Å². The van der Waals surface area contributed by atoms with E-state index in [-0.39, 0.29) is 16.3 Å². The van der Waals surface area contributed by atoms with E-state index >= 15 is 0 Å². The van der Waals surface area contributed by atoms with Gasteiger partial charge in [-0.15, -0.1) is 0 Å². The predicted molar refractivity (Wildman–Crippen MR) is 85.0 cm³/mol. The zero-order valence-corrected chi connectivity index (χ0v) is 15.0.